The molecule has 100 valence electrons. The van der Waals surface area contributed by atoms with Crippen LogP contribution in [0.2, 0.25) is 0 Å². The Morgan fingerprint density at radius 1 is 1.42 bits per heavy atom. The summed E-state index contributed by atoms with van der Waals surface area (Å²) in [6, 6.07) is 5.55. The van der Waals surface area contributed by atoms with Crippen molar-refractivity contribution in [3.63, 3.8) is 0 Å². The van der Waals surface area contributed by atoms with Crippen LogP contribution in [0.3, 0.4) is 0 Å². The first-order valence-electron chi connectivity index (χ1n) is 6.02. The Labute approximate surface area is 111 Å². The third-order valence-corrected chi connectivity index (χ3v) is 2.83. The van der Waals surface area contributed by atoms with E-state index in [9.17, 15) is 4.79 Å². The smallest absolute Gasteiger partial charge is 0.251 e. The van der Waals surface area contributed by atoms with Gasteiger partial charge >= 0.3 is 0 Å². The third-order valence-electron chi connectivity index (χ3n) is 2.83. The molecule has 1 aromatic heterocycles. The molecule has 2 N–H and O–H groups in total. The SMILES string of the molecule is CNC(=O)c1ccc(NCc2cn(C)nn2)c(C)c1. The highest BCUT2D eigenvalue weighted by Gasteiger charge is 2.06. The molecule has 0 aliphatic rings. The van der Waals surface area contributed by atoms with Crippen molar-refractivity contribution in [3.8, 4) is 0 Å². The maximum atomic E-state index is 11.5. The van der Waals surface area contributed by atoms with Gasteiger partial charge in [-0.05, 0) is 30.7 Å². The van der Waals surface area contributed by atoms with Crippen LogP contribution in [0.1, 0.15) is 21.6 Å². The van der Waals surface area contributed by atoms with E-state index in [1.807, 2.05) is 32.3 Å². The lowest BCUT2D eigenvalue weighted by Gasteiger charge is -2.09. The summed E-state index contributed by atoms with van der Waals surface area (Å²) in [7, 11) is 3.46. The first-order valence-corrected chi connectivity index (χ1v) is 6.02. The summed E-state index contributed by atoms with van der Waals surface area (Å²) in [6.07, 6.45) is 1.86. The maximum Gasteiger partial charge on any atom is 0.251 e. The molecule has 0 aliphatic carbocycles. The van der Waals surface area contributed by atoms with Crippen LogP contribution in [0.25, 0.3) is 0 Å². The molecule has 0 bridgehead atoms. The van der Waals surface area contributed by atoms with Crippen LogP contribution in [0.15, 0.2) is 24.4 Å². The van der Waals surface area contributed by atoms with Gasteiger partial charge in [-0.3, -0.25) is 9.48 Å². The van der Waals surface area contributed by atoms with E-state index in [1.165, 1.54) is 0 Å². The van der Waals surface area contributed by atoms with Crippen LogP contribution in [-0.4, -0.2) is 27.9 Å². The van der Waals surface area contributed by atoms with Gasteiger partial charge in [0.05, 0.1) is 6.54 Å². The lowest BCUT2D eigenvalue weighted by atomic mass is 10.1. The third kappa shape index (κ3) is 3.09. The second-order valence-electron chi connectivity index (χ2n) is 4.35. The number of aryl methyl sites for hydroxylation is 2. The Morgan fingerprint density at radius 2 is 2.21 bits per heavy atom. The van der Waals surface area contributed by atoms with Gasteiger partial charge in [0.2, 0.25) is 0 Å². The molecule has 2 aromatic rings. The summed E-state index contributed by atoms with van der Waals surface area (Å²) < 4.78 is 1.67. The summed E-state index contributed by atoms with van der Waals surface area (Å²) in [4.78, 5) is 11.5. The van der Waals surface area contributed by atoms with Crippen LogP contribution in [0.4, 0.5) is 5.69 Å². The average Bonchev–Trinajstić information content (AvgIpc) is 2.82. The molecule has 0 saturated carbocycles. The highest BCUT2D eigenvalue weighted by atomic mass is 16.1. The Hall–Kier alpha value is -2.37. The molecular formula is C13H17N5O. The number of rotatable bonds is 4. The fourth-order valence-electron chi connectivity index (χ4n) is 1.81. The normalized spacial score (nSPS) is 10.3. The zero-order valence-corrected chi connectivity index (χ0v) is 11.3. The molecule has 6 heteroatoms. The van der Waals surface area contributed by atoms with E-state index in [4.69, 9.17) is 0 Å². The summed E-state index contributed by atoms with van der Waals surface area (Å²) in [5.74, 6) is -0.0800. The highest BCUT2D eigenvalue weighted by molar-refractivity contribution is 5.94. The molecule has 6 nitrogen and oxygen atoms in total. The number of aromatic nitrogens is 3. The number of hydrogen-bond acceptors (Lipinski definition) is 4. The molecule has 0 fully saturated rings. The van der Waals surface area contributed by atoms with Crippen LogP contribution < -0.4 is 10.6 Å². The van der Waals surface area contributed by atoms with Gasteiger partial charge < -0.3 is 10.6 Å². The Balaban J connectivity index is 2.07. The van der Waals surface area contributed by atoms with E-state index in [0.717, 1.165) is 16.9 Å². The predicted octanol–water partition coefficient (Wildman–Crippen LogP) is 1.10. The Morgan fingerprint density at radius 3 is 2.79 bits per heavy atom. The second-order valence-corrected chi connectivity index (χ2v) is 4.35. The van der Waals surface area contributed by atoms with Gasteiger partial charge in [-0.15, -0.1) is 5.10 Å². The monoisotopic (exact) mass is 259 g/mol. The first-order chi connectivity index (χ1) is 9.10. The van der Waals surface area contributed by atoms with Crippen molar-refractivity contribution in [2.24, 2.45) is 7.05 Å². The molecule has 0 spiro atoms. The number of nitrogens with one attached hydrogen (secondary N) is 2. The quantitative estimate of drug-likeness (QED) is 0.862. The standard InChI is InChI=1S/C13H17N5O/c1-9-6-10(13(19)14-2)4-5-12(9)15-7-11-8-18(3)17-16-11/h4-6,8,15H,7H2,1-3H3,(H,14,19). The van der Waals surface area contributed by atoms with Crippen molar-refractivity contribution in [2.45, 2.75) is 13.5 Å². The van der Waals surface area contributed by atoms with Gasteiger partial charge in [-0.1, -0.05) is 5.21 Å². The topological polar surface area (TPSA) is 71.8 Å². The zero-order chi connectivity index (χ0) is 13.8. The minimum atomic E-state index is -0.0800. The lowest BCUT2D eigenvalue weighted by molar-refractivity contribution is 0.0963. The molecule has 0 unspecified atom stereocenters. The Kier molecular flexibility index (Phi) is 3.79. The van der Waals surface area contributed by atoms with Crippen LogP contribution >= 0.6 is 0 Å². The fourth-order valence-corrected chi connectivity index (χ4v) is 1.81. The van der Waals surface area contributed by atoms with Crippen molar-refractivity contribution in [3.05, 3.63) is 41.2 Å². The van der Waals surface area contributed by atoms with E-state index < -0.39 is 0 Å². The summed E-state index contributed by atoms with van der Waals surface area (Å²) in [5, 5.41) is 13.8. The van der Waals surface area contributed by atoms with Gasteiger partial charge in [0.15, 0.2) is 0 Å². The highest BCUT2D eigenvalue weighted by Crippen LogP contribution is 2.17. The molecule has 0 atom stereocenters. The van der Waals surface area contributed by atoms with E-state index in [-0.39, 0.29) is 5.91 Å². The van der Waals surface area contributed by atoms with Crippen LogP contribution in [-0.2, 0) is 13.6 Å². The average molecular weight is 259 g/mol. The number of benzene rings is 1. The number of hydrogen-bond donors (Lipinski definition) is 2. The van der Waals surface area contributed by atoms with Crippen molar-refractivity contribution < 1.29 is 4.79 Å². The molecule has 1 amide bonds. The van der Waals surface area contributed by atoms with Gasteiger partial charge in [0.1, 0.15) is 5.69 Å². The molecule has 0 aliphatic heterocycles. The van der Waals surface area contributed by atoms with Gasteiger partial charge in [-0.25, -0.2) is 0 Å². The number of nitrogens with zero attached hydrogens (tertiary/aromatic N) is 3. The van der Waals surface area contributed by atoms with E-state index in [1.54, 1.807) is 17.8 Å². The van der Waals surface area contributed by atoms with Crippen molar-refractivity contribution in [1.82, 2.24) is 20.3 Å². The molecule has 0 radical (unpaired) electrons. The molecule has 2 rings (SSSR count). The molecule has 0 saturated heterocycles. The lowest BCUT2D eigenvalue weighted by Crippen LogP contribution is -2.17. The van der Waals surface area contributed by atoms with Gasteiger partial charge in [-0.2, -0.15) is 0 Å². The van der Waals surface area contributed by atoms with Crippen molar-refractivity contribution in [2.75, 3.05) is 12.4 Å². The summed E-state index contributed by atoms with van der Waals surface area (Å²) in [5.41, 5.74) is 3.53. The first kappa shape index (κ1) is 13.1. The van der Waals surface area contributed by atoms with E-state index >= 15 is 0 Å². The zero-order valence-electron chi connectivity index (χ0n) is 11.3. The number of anilines is 1. The molecule has 1 aromatic carbocycles. The number of carbonyl (C=O) groups is 1. The minimum Gasteiger partial charge on any atom is -0.379 e. The van der Waals surface area contributed by atoms with Gasteiger partial charge in [0, 0.05) is 31.5 Å². The Bertz CT molecular complexity index is 590. The summed E-state index contributed by atoms with van der Waals surface area (Å²) >= 11 is 0. The van der Waals surface area contributed by atoms with Crippen molar-refractivity contribution in [1.29, 1.82) is 0 Å². The fraction of sp³-hybridized carbons (Fsp3) is 0.308. The summed E-state index contributed by atoms with van der Waals surface area (Å²) in [6.45, 7) is 2.57. The van der Waals surface area contributed by atoms with Gasteiger partial charge in [0.25, 0.3) is 5.91 Å². The maximum absolute atomic E-state index is 11.5. The number of carbonyl (C=O) groups excluding carboxylic acids is 1. The second kappa shape index (κ2) is 5.51. The molecule has 19 heavy (non-hydrogen) atoms. The van der Waals surface area contributed by atoms with Crippen LogP contribution in [0, 0.1) is 6.92 Å². The largest absolute Gasteiger partial charge is 0.379 e. The minimum absolute atomic E-state index is 0.0800. The predicted molar refractivity (Wildman–Crippen MR) is 72.9 cm³/mol. The number of amides is 1. The van der Waals surface area contributed by atoms with E-state index in [2.05, 4.69) is 20.9 Å². The van der Waals surface area contributed by atoms with Crippen molar-refractivity contribution >= 4 is 11.6 Å². The van der Waals surface area contributed by atoms with E-state index in [0.29, 0.717) is 12.1 Å². The molecule has 1 heterocycles. The molecular weight excluding hydrogens is 242 g/mol. The van der Waals surface area contributed by atoms with Crippen LogP contribution in [0.5, 0.6) is 0 Å².